The van der Waals surface area contributed by atoms with Crippen LogP contribution in [0, 0.1) is 0 Å². The molecule has 0 aliphatic heterocycles. The number of hydrogen-bond acceptors (Lipinski definition) is 0. The van der Waals surface area contributed by atoms with Crippen LogP contribution in [0.1, 0.15) is 65.2 Å². The Labute approximate surface area is 114 Å². The Hall–Kier alpha value is -1.04. The van der Waals surface area contributed by atoms with E-state index in [1.807, 2.05) is 0 Å². The molecule has 0 heterocycles. The van der Waals surface area contributed by atoms with Crippen LogP contribution in [0.4, 0.5) is 0 Å². The van der Waals surface area contributed by atoms with Gasteiger partial charge in [0, 0.05) is 0 Å². The van der Waals surface area contributed by atoms with E-state index in [9.17, 15) is 0 Å². The Balaban J connectivity index is 3.31. The van der Waals surface area contributed by atoms with Crippen LogP contribution in [0.25, 0.3) is 0 Å². The SMILES string of the molecule is CC=CCC=CCC=CCC=CCCCCCC. The highest BCUT2D eigenvalue weighted by Crippen LogP contribution is 2.03. The minimum atomic E-state index is 1.06. The molecule has 0 heteroatoms. The van der Waals surface area contributed by atoms with E-state index in [1.165, 1.54) is 32.1 Å². The summed E-state index contributed by atoms with van der Waals surface area (Å²) in [5.74, 6) is 0. The van der Waals surface area contributed by atoms with Crippen molar-refractivity contribution in [1.82, 2.24) is 0 Å². The van der Waals surface area contributed by atoms with Gasteiger partial charge in [-0.05, 0) is 39.0 Å². The zero-order valence-electron chi connectivity index (χ0n) is 12.3. The lowest BCUT2D eigenvalue weighted by Gasteiger charge is -1.93. The Kier molecular flexibility index (Phi) is 15.0. The van der Waals surface area contributed by atoms with Gasteiger partial charge in [-0.3, -0.25) is 0 Å². The third kappa shape index (κ3) is 15.0. The van der Waals surface area contributed by atoms with E-state index in [2.05, 4.69) is 62.5 Å². The topological polar surface area (TPSA) is 0 Å². The van der Waals surface area contributed by atoms with E-state index in [0.717, 1.165) is 19.3 Å². The zero-order valence-corrected chi connectivity index (χ0v) is 12.3. The van der Waals surface area contributed by atoms with Gasteiger partial charge in [-0.15, -0.1) is 0 Å². The molecule has 0 nitrogen and oxygen atoms in total. The minimum Gasteiger partial charge on any atom is -0.0914 e. The monoisotopic (exact) mass is 246 g/mol. The van der Waals surface area contributed by atoms with Crippen LogP contribution in [0.2, 0.25) is 0 Å². The maximum absolute atomic E-state index is 2.32. The van der Waals surface area contributed by atoms with Crippen LogP contribution in [0.15, 0.2) is 48.6 Å². The Morgan fingerprint density at radius 2 is 1.17 bits per heavy atom. The maximum atomic E-state index is 2.32. The zero-order chi connectivity index (χ0) is 13.3. The third-order valence-corrected chi connectivity index (χ3v) is 2.78. The highest BCUT2D eigenvalue weighted by molar-refractivity contribution is 4.98. The highest BCUT2D eigenvalue weighted by Gasteiger charge is 1.83. The highest BCUT2D eigenvalue weighted by atomic mass is 13.9. The molecule has 0 saturated carbocycles. The molecule has 0 aromatic carbocycles. The van der Waals surface area contributed by atoms with E-state index in [-0.39, 0.29) is 0 Å². The molecule has 0 amide bonds. The lowest BCUT2D eigenvalue weighted by molar-refractivity contribution is 0.674. The first kappa shape index (κ1) is 17.0. The summed E-state index contributed by atoms with van der Waals surface area (Å²) >= 11 is 0. The molecule has 0 atom stereocenters. The van der Waals surface area contributed by atoms with Crippen molar-refractivity contribution in [3.63, 3.8) is 0 Å². The summed E-state index contributed by atoms with van der Waals surface area (Å²) in [6.45, 7) is 4.32. The number of hydrogen-bond donors (Lipinski definition) is 0. The molecule has 0 unspecified atom stereocenters. The average molecular weight is 246 g/mol. The molecule has 18 heavy (non-hydrogen) atoms. The Morgan fingerprint density at radius 1 is 0.611 bits per heavy atom. The van der Waals surface area contributed by atoms with Gasteiger partial charge in [0.15, 0.2) is 0 Å². The Morgan fingerprint density at radius 3 is 1.72 bits per heavy atom. The van der Waals surface area contributed by atoms with Gasteiger partial charge in [0.2, 0.25) is 0 Å². The van der Waals surface area contributed by atoms with Crippen LogP contribution >= 0.6 is 0 Å². The molecule has 0 N–H and O–H groups in total. The van der Waals surface area contributed by atoms with Crippen molar-refractivity contribution in [2.45, 2.75) is 65.2 Å². The predicted molar refractivity (Wildman–Crippen MR) is 84.8 cm³/mol. The lowest BCUT2D eigenvalue weighted by Crippen LogP contribution is -1.73. The van der Waals surface area contributed by atoms with Crippen LogP contribution in [0.3, 0.4) is 0 Å². The fraction of sp³-hybridized carbons (Fsp3) is 0.556. The number of unbranched alkanes of at least 4 members (excludes halogenated alkanes) is 4. The molecular weight excluding hydrogens is 216 g/mol. The molecular formula is C18H30. The van der Waals surface area contributed by atoms with E-state index in [1.54, 1.807) is 0 Å². The van der Waals surface area contributed by atoms with Crippen molar-refractivity contribution in [2.24, 2.45) is 0 Å². The summed E-state index contributed by atoms with van der Waals surface area (Å²) in [6, 6.07) is 0. The van der Waals surface area contributed by atoms with E-state index >= 15 is 0 Å². The average Bonchev–Trinajstić information content (AvgIpc) is 2.39. The fourth-order valence-corrected chi connectivity index (χ4v) is 1.66. The first-order valence-electron chi connectivity index (χ1n) is 7.48. The van der Waals surface area contributed by atoms with E-state index in [0.29, 0.717) is 0 Å². The largest absolute Gasteiger partial charge is 0.0914 e. The van der Waals surface area contributed by atoms with Crippen molar-refractivity contribution >= 4 is 0 Å². The third-order valence-electron chi connectivity index (χ3n) is 2.78. The molecule has 0 fully saturated rings. The van der Waals surface area contributed by atoms with Crippen molar-refractivity contribution in [1.29, 1.82) is 0 Å². The van der Waals surface area contributed by atoms with Crippen molar-refractivity contribution in [3.8, 4) is 0 Å². The maximum Gasteiger partial charge on any atom is -0.0169 e. The summed E-state index contributed by atoms with van der Waals surface area (Å²) in [7, 11) is 0. The van der Waals surface area contributed by atoms with Crippen molar-refractivity contribution in [2.75, 3.05) is 0 Å². The molecule has 0 aromatic heterocycles. The van der Waals surface area contributed by atoms with Gasteiger partial charge in [0.05, 0.1) is 0 Å². The van der Waals surface area contributed by atoms with Gasteiger partial charge in [0.25, 0.3) is 0 Å². The van der Waals surface area contributed by atoms with Gasteiger partial charge in [-0.25, -0.2) is 0 Å². The molecule has 0 rings (SSSR count). The molecule has 0 radical (unpaired) electrons. The van der Waals surface area contributed by atoms with Crippen molar-refractivity contribution < 1.29 is 0 Å². The summed E-state index contributed by atoms with van der Waals surface area (Å²) in [6.07, 6.45) is 27.7. The normalized spacial score (nSPS) is 12.8. The second kappa shape index (κ2) is 16.0. The quantitative estimate of drug-likeness (QED) is 0.293. The molecule has 0 aliphatic rings. The smallest absolute Gasteiger partial charge is 0.0169 e. The number of allylic oxidation sites excluding steroid dienone is 8. The molecule has 0 aromatic rings. The van der Waals surface area contributed by atoms with Crippen molar-refractivity contribution in [3.05, 3.63) is 48.6 Å². The molecule has 0 saturated heterocycles. The van der Waals surface area contributed by atoms with E-state index < -0.39 is 0 Å². The summed E-state index contributed by atoms with van der Waals surface area (Å²) in [4.78, 5) is 0. The van der Waals surface area contributed by atoms with Crippen LogP contribution in [0.5, 0.6) is 0 Å². The first-order valence-corrected chi connectivity index (χ1v) is 7.48. The second-order valence-electron chi connectivity index (χ2n) is 4.54. The number of rotatable bonds is 11. The predicted octanol–water partition coefficient (Wildman–Crippen LogP) is 6.37. The summed E-state index contributed by atoms with van der Waals surface area (Å²) in [5.41, 5.74) is 0. The van der Waals surface area contributed by atoms with Crippen LogP contribution in [-0.4, -0.2) is 0 Å². The van der Waals surface area contributed by atoms with E-state index in [4.69, 9.17) is 0 Å². The van der Waals surface area contributed by atoms with Gasteiger partial charge in [0.1, 0.15) is 0 Å². The molecule has 0 spiro atoms. The first-order chi connectivity index (χ1) is 8.91. The molecule has 0 aliphatic carbocycles. The Bertz CT molecular complexity index is 253. The van der Waals surface area contributed by atoms with Crippen LogP contribution < -0.4 is 0 Å². The fourth-order valence-electron chi connectivity index (χ4n) is 1.66. The van der Waals surface area contributed by atoms with Crippen LogP contribution in [-0.2, 0) is 0 Å². The van der Waals surface area contributed by atoms with Gasteiger partial charge < -0.3 is 0 Å². The van der Waals surface area contributed by atoms with Gasteiger partial charge >= 0.3 is 0 Å². The van der Waals surface area contributed by atoms with Gasteiger partial charge in [-0.2, -0.15) is 0 Å². The second-order valence-corrected chi connectivity index (χ2v) is 4.54. The lowest BCUT2D eigenvalue weighted by atomic mass is 10.1. The summed E-state index contributed by atoms with van der Waals surface area (Å²) < 4.78 is 0. The molecule has 102 valence electrons. The minimum absolute atomic E-state index is 1.06. The van der Waals surface area contributed by atoms with Gasteiger partial charge in [-0.1, -0.05) is 74.8 Å². The molecule has 0 bridgehead atoms. The summed E-state index contributed by atoms with van der Waals surface area (Å²) in [5, 5.41) is 0. The standard InChI is InChI=1S/C18H30/c1-3-5-7-9-11-13-15-17-18-16-14-12-10-8-6-4-2/h3,5,9,11,14-17H,4,6-8,10,12-13,18H2,1-2H3.